The van der Waals surface area contributed by atoms with E-state index in [0.29, 0.717) is 22.3 Å². The van der Waals surface area contributed by atoms with Gasteiger partial charge in [-0.15, -0.1) is 0 Å². The standard InChI is InChI=1S/C24H18ClN7O5/c25-16-3-1-15(2-4-16)13-31-23(34)19(29-22(33)20-9-11-27-37-20)14-32(26)24(31)28-17-5-7-18(8-6-17)36-21-10-12-35-30-21/h1-12,14H,13,26H2,(H,29,33)/b28-24-. The van der Waals surface area contributed by atoms with Gasteiger partial charge in [-0.05, 0) is 47.1 Å². The first-order valence-corrected chi connectivity index (χ1v) is 11.1. The Hall–Kier alpha value is -5.10. The summed E-state index contributed by atoms with van der Waals surface area (Å²) in [6, 6.07) is 16.6. The predicted molar refractivity (Wildman–Crippen MR) is 132 cm³/mol. The van der Waals surface area contributed by atoms with Crippen LogP contribution in [-0.2, 0) is 6.54 Å². The highest BCUT2D eigenvalue weighted by Crippen LogP contribution is 2.22. The fourth-order valence-corrected chi connectivity index (χ4v) is 3.47. The molecule has 0 saturated heterocycles. The molecule has 3 N–H and O–H groups in total. The van der Waals surface area contributed by atoms with E-state index in [4.69, 9.17) is 31.2 Å². The molecule has 2 aromatic carbocycles. The third-order valence-electron chi connectivity index (χ3n) is 5.08. The second-order valence-electron chi connectivity index (χ2n) is 7.64. The van der Waals surface area contributed by atoms with Crippen LogP contribution in [0.25, 0.3) is 0 Å². The number of halogens is 1. The van der Waals surface area contributed by atoms with E-state index in [1.807, 2.05) is 0 Å². The molecule has 0 unspecified atom stereocenters. The Kier molecular flexibility index (Phi) is 6.55. The second kappa shape index (κ2) is 10.3. The van der Waals surface area contributed by atoms with Crippen LogP contribution in [0.5, 0.6) is 11.6 Å². The van der Waals surface area contributed by atoms with Gasteiger partial charge in [0, 0.05) is 17.2 Å². The molecule has 0 saturated carbocycles. The molecule has 0 spiro atoms. The topological polar surface area (TPSA) is 156 Å². The summed E-state index contributed by atoms with van der Waals surface area (Å²) in [5, 5.41) is 10.3. The normalized spacial score (nSPS) is 11.4. The van der Waals surface area contributed by atoms with E-state index >= 15 is 0 Å². The lowest BCUT2D eigenvalue weighted by molar-refractivity contribution is 0.0987. The van der Waals surface area contributed by atoms with Crippen LogP contribution in [-0.4, -0.2) is 25.5 Å². The Balaban J connectivity index is 1.54. The molecule has 0 aliphatic carbocycles. The highest BCUT2D eigenvalue weighted by atomic mass is 35.5. The number of nitrogens with zero attached hydrogens (tertiary/aromatic N) is 5. The van der Waals surface area contributed by atoms with Crippen LogP contribution in [0.4, 0.5) is 11.4 Å². The van der Waals surface area contributed by atoms with Gasteiger partial charge in [0.1, 0.15) is 17.7 Å². The van der Waals surface area contributed by atoms with Crippen molar-refractivity contribution in [3.63, 3.8) is 0 Å². The van der Waals surface area contributed by atoms with E-state index in [0.717, 1.165) is 10.2 Å². The molecule has 1 amide bonds. The van der Waals surface area contributed by atoms with Crippen molar-refractivity contribution in [2.24, 2.45) is 4.99 Å². The molecule has 12 nitrogen and oxygen atoms in total. The third-order valence-corrected chi connectivity index (χ3v) is 5.33. The minimum absolute atomic E-state index is 0.0612. The number of carbonyl (C=O) groups excluding carboxylic acids is 1. The van der Waals surface area contributed by atoms with Crippen LogP contribution in [0, 0.1) is 0 Å². The average Bonchev–Trinajstić information content (AvgIpc) is 3.61. The van der Waals surface area contributed by atoms with Crippen molar-refractivity contribution in [1.82, 2.24) is 19.6 Å². The summed E-state index contributed by atoms with van der Waals surface area (Å²) < 4.78 is 17.7. The van der Waals surface area contributed by atoms with Crippen molar-refractivity contribution >= 4 is 28.9 Å². The number of nitrogens with one attached hydrogen (secondary N) is 1. The van der Waals surface area contributed by atoms with Gasteiger partial charge in [-0.1, -0.05) is 28.9 Å². The van der Waals surface area contributed by atoms with Crippen molar-refractivity contribution < 1.29 is 18.6 Å². The number of carbonyl (C=O) groups is 1. The SMILES string of the molecule is Nn1cc(NC(=O)c2ccno2)c(=O)n(Cc2ccc(Cl)cc2)/c1=N/c1ccc(Oc2ccon2)cc1. The van der Waals surface area contributed by atoms with E-state index in [-0.39, 0.29) is 23.6 Å². The van der Waals surface area contributed by atoms with Crippen molar-refractivity contribution in [1.29, 1.82) is 0 Å². The largest absolute Gasteiger partial charge is 0.436 e. The van der Waals surface area contributed by atoms with Crippen molar-refractivity contribution in [2.75, 3.05) is 11.2 Å². The number of anilines is 1. The average molecular weight is 520 g/mol. The minimum Gasteiger partial charge on any atom is -0.436 e. The van der Waals surface area contributed by atoms with Gasteiger partial charge in [0.2, 0.25) is 11.4 Å². The zero-order chi connectivity index (χ0) is 25.8. The first kappa shape index (κ1) is 23.6. The van der Waals surface area contributed by atoms with Crippen molar-refractivity contribution in [3.8, 4) is 11.6 Å². The highest BCUT2D eigenvalue weighted by Gasteiger charge is 2.16. The number of rotatable bonds is 7. The maximum Gasteiger partial charge on any atom is 0.294 e. The van der Waals surface area contributed by atoms with Crippen LogP contribution < -0.4 is 27.1 Å². The summed E-state index contributed by atoms with van der Waals surface area (Å²) in [5.41, 5.74) is 0.776. The second-order valence-corrected chi connectivity index (χ2v) is 8.08. The molecule has 0 fully saturated rings. The summed E-state index contributed by atoms with van der Waals surface area (Å²) in [6.45, 7) is 0.103. The summed E-state index contributed by atoms with van der Waals surface area (Å²) in [4.78, 5) is 30.5. The summed E-state index contributed by atoms with van der Waals surface area (Å²) in [6.07, 6.45) is 3.99. The van der Waals surface area contributed by atoms with Crippen LogP contribution in [0.2, 0.25) is 5.02 Å². The Bertz CT molecular complexity index is 1640. The molecule has 186 valence electrons. The molecule has 13 heteroatoms. The molecule has 0 atom stereocenters. The van der Waals surface area contributed by atoms with E-state index in [9.17, 15) is 9.59 Å². The Morgan fingerprint density at radius 1 is 1.11 bits per heavy atom. The number of ether oxygens (including phenoxy) is 1. The van der Waals surface area contributed by atoms with Crippen LogP contribution in [0.1, 0.15) is 16.1 Å². The Morgan fingerprint density at radius 3 is 2.57 bits per heavy atom. The van der Waals surface area contributed by atoms with Gasteiger partial charge in [0.05, 0.1) is 24.6 Å². The summed E-state index contributed by atoms with van der Waals surface area (Å²) in [5.74, 6) is 6.35. The van der Waals surface area contributed by atoms with Gasteiger partial charge in [-0.2, -0.15) is 0 Å². The Morgan fingerprint density at radius 2 is 1.89 bits per heavy atom. The number of hydrogen-bond donors (Lipinski definition) is 2. The molecule has 5 aromatic rings. The minimum atomic E-state index is -0.653. The maximum absolute atomic E-state index is 13.5. The van der Waals surface area contributed by atoms with Crippen LogP contribution >= 0.6 is 11.6 Å². The predicted octanol–water partition coefficient (Wildman–Crippen LogP) is 3.32. The third kappa shape index (κ3) is 5.44. The number of aromatic nitrogens is 4. The van der Waals surface area contributed by atoms with E-state index in [2.05, 4.69) is 20.6 Å². The van der Waals surface area contributed by atoms with Gasteiger partial charge in [-0.25, -0.2) is 9.67 Å². The zero-order valence-corrected chi connectivity index (χ0v) is 19.7. The quantitative estimate of drug-likeness (QED) is 0.310. The maximum atomic E-state index is 13.5. The number of hydrogen-bond acceptors (Lipinski definition) is 9. The Labute approximate surface area is 213 Å². The lowest BCUT2D eigenvalue weighted by atomic mass is 10.2. The fourth-order valence-electron chi connectivity index (χ4n) is 3.34. The first-order valence-electron chi connectivity index (χ1n) is 10.8. The van der Waals surface area contributed by atoms with E-state index in [1.165, 1.54) is 29.3 Å². The monoisotopic (exact) mass is 519 g/mol. The number of benzene rings is 2. The highest BCUT2D eigenvalue weighted by molar-refractivity contribution is 6.30. The molecule has 0 radical (unpaired) electrons. The molecule has 0 aliphatic rings. The molecule has 37 heavy (non-hydrogen) atoms. The zero-order valence-electron chi connectivity index (χ0n) is 18.9. The van der Waals surface area contributed by atoms with E-state index < -0.39 is 11.5 Å². The summed E-state index contributed by atoms with van der Waals surface area (Å²) >= 11 is 6.01. The lowest BCUT2D eigenvalue weighted by Crippen LogP contribution is -2.44. The van der Waals surface area contributed by atoms with Gasteiger partial charge in [0.25, 0.3) is 17.3 Å². The van der Waals surface area contributed by atoms with Gasteiger partial charge < -0.3 is 24.9 Å². The molecule has 5 rings (SSSR count). The van der Waals surface area contributed by atoms with E-state index in [1.54, 1.807) is 54.6 Å². The molecular weight excluding hydrogens is 502 g/mol. The van der Waals surface area contributed by atoms with Gasteiger partial charge in [-0.3, -0.25) is 14.2 Å². The molecule has 3 heterocycles. The number of nitrogen functional groups attached to an aromatic ring is 1. The first-order chi connectivity index (χ1) is 18.0. The van der Waals surface area contributed by atoms with Crippen molar-refractivity contribution in [3.05, 3.63) is 112 Å². The smallest absolute Gasteiger partial charge is 0.294 e. The number of amides is 1. The molecular formula is C24H18ClN7O5. The molecule has 0 bridgehead atoms. The molecule has 3 aromatic heterocycles. The number of nitrogens with two attached hydrogens (primary N) is 1. The van der Waals surface area contributed by atoms with Gasteiger partial charge >= 0.3 is 0 Å². The molecule has 0 aliphatic heterocycles. The van der Waals surface area contributed by atoms with Gasteiger partial charge in [0.15, 0.2) is 0 Å². The van der Waals surface area contributed by atoms with Crippen LogP contribution in [0.3, 0.4) is 0 Å². The lowest BCUT2D eigenvalue weighted by Gasteiger charge is -2.13. The summed E-state index contributed by atoms with van der Waals surface area (Å²) in [7, 11) is 0. The fraction of sp³-hybridized carbons (Fsp3) is 0.0417. The van der Waals surface area contributed by atoms with Crippen molar-refractivity contribution in [2.45, 2.75) is 6.54 Å². The van der Waals surface area contributed by atoms with Crippen LogP contribution in [0.15, 0.2) is 98.2 Å².